The molecule has 0 radical (unpaired) electrons. The van der Waals surface area contributed by atoms with E-state index in [9.17, 15) is 0 Å². The standard InChI is InChI=1S/2C4H10O2S2/c2*5-3(1-7)4(6)2-8/h2*3-8H,1-2H2/t2*3-,4-/m10/s1. The van der Waals surface area contributed by atoms with Gasteiger partial charge in [-0.3, -0.25) is 0 Å². The van der Waals surface area contributed by atoms with Gasteiger partial charge in [0.25, 0.3) is 0 Å². The molecule has 0 aromatic heterocycles. The lowest BCUT2D eigenvalue weighted by molar-refractivity contribution is 0.0504. The molecule has 0 aliphatic rings. The maximum absolute atomic E-state index is 8.75. The van der Waals surface area contributed by atoms with Gasteiger partial charge in [-0.15, -0.1) is 0 Å². The first kappa shape index (κ1) is 19.6. The van der Waals surface area contributed by atoms with Gasteiger partial charge >= 0.3 is 0 Å². The fourth-order valence-electron chi connectivity index (χ4n) is 0.487. The van der Waals surface area contributed by atoms with Gasteiger partial charge in [0.1, 0.15) is 0 Å². The molecule has 4 atom stereocenters. The number of rotatable bonds is 6. The molecule has 0 aliphatic heterocycles. The Morgan fingerprint density at radius 1 is 0.500 bits per heavy atom. The van der Waals surface area contributed by atoms with Crippen molar-refractivity contribution in [3.63, 3.8) is 0 Å². The summed E-state index contributed by atoms with van der Waals surface area (Å²) < 4.78 is 0. The van der Waals surface area contributed by atoms with Gasteiger partial charge in [0.15, 0.2) is 0 Å². The van der Waals surface area contributed by atoms with Gasteiger partial charge < -0.3 is 20.4 Å². The third-order valence-corrected chi connectivity index (χ3v) is 3.13. The van der Waals surface area contributed by atoms with E-state index in [1.165, 1.54) is 0 Å². The first-order valence-corrected chi connectivity index (χ1v) is 7.13. The quantitative estimate of drug-likeness (QED) is 0.307. The molecule has 0 aliphatic carbocycles. The molecule has 0 unspecified atom stereocenters. The minimum atomic E-state index is -0.740. The molecule has 0 saturated carbocycles. The molecule has 0 amide bonds. The molecule has 0 heterocycles. The highest BCUT2D eigenvalue weighted by Gasteiger charge is 2.11. The van der Waals surface area contributed by atoms with Crippen molar-refractivity contribution in [1.82, 2.24) is 0 Å². The van der Waals surface area contributed by atoms with Crippen LogP contribution in [0.25, 0.3) is 0 Å². The van der Waals surface area contributed by atoms with Gasteiger partial charge in [-0.1, -0.05) is 0 Å². The number of hydrogen-bond acceptors (Lipinski definition) is 8. The topological polar surface area (TPSA) is 80.9 Å². The summed E-state index contributed by atoms with van der Waals surface area (Å²) in [5, 5.41) is 35.0. The molecule has 0 bridgehead atoms. The summed E-state index contributed by atoms with van der Waals surface area (Å²) in [6.45, 7) is 0. The lowest BCUT2D eigenvalue weighted by Gasteiger charge is -2.11. The van der Waals surface area contributed by atoms with Crippen molar-refractivity contribution in [2.24, 2.45) is 0 Å². The van der Waals surface area contributed by atoms with Crippen LogP contribution in [0.2, 0.25) is 0 Å². The first-order chi connectivity index (χ1) is 7.44. The molecule has 4 nitrogen and oxygen atoms in total. The van der Waals surface area contributed by atoms with Crippen LogP contribution in [0.4, 0.5) is 0 Å². The van der Waals surface area contributed by atoms with E-state index in [2.05, 4.69) is 50.5 Å². The molecule has 8 heteroatoms. The number of aliphatic hydroxyl groups excluding tert-OH is 4. The molecule has 0 fully saturated rings. The van der Waals surface area contributed by atoms with Gasteiger partial charge in [-0.25, -0.2) is 0 Å². The van der Waals surface area contributed by atoms with Crippen molar-refractivity contribution in [3.05, 3.63) is 0 Å². The molecule has 0 aromatic carbocycles. The number of thiol groups is 4. The minimum Gasteiger partial charge on any atom is -0.390 e. The van der Waals surface area contributed by atoms with Crippen LogP contribution in [0.3, 0.4) is 0 Å². The summed E-state index contributed by atoms with van der Waals surface area (Å²) in [6, 6.07) is 0. The molecule has 4 N–H and O–H groups in total. The second-order valence-electron chi connectivity index (χ2n) is 3.00. The van der Waals surface area contributed by atoms with Crippen LogP contribution in [-0.2, 0) is 0 Å². The summed E-state index contributed by atoms with van der Waals surface area (Å²) in [4.78, 5) is 0. The SMILES string of the molecule is O[C@@H](CS)[C@@H](O)CS.O[C@H](CS)[C@H](O)CS. The van der Waals surface area contributed by atoms with Crippen LogP contribution in [0, 0.1) is 0 Å². The highest BCUT2D eigenvalue weighted by atomic mass is 32.1. The van der Waals surface area contributed by atoms with E-state index < -0.39 is 24.4 Å². The third kappa shape index (κ3) is 10.4. The van der Waals surface area contributed by atoms with E-state index in [1.54, 1.807) is 0 Å². The Kier molecular flexibility index (Phi) is 15.5. The largest absolute Gasteiger partial charge is 0.390 e. The normalized spacial score (nSPS) is 18.0. The van der Waals surface area contributed by atoms with Crippen molar-refractivity contribution < 1.29 is 20.4 Å². The lowest BCUT2D eigenvalue weighted by atomic mass is 10.3. The second kappa shape index (κ2) is 12.7. The van der Waals surface area contributed by atoms with Crippen molar-refractivity contribution in [2.45, 2.75) is 24.4 Å². The molecule has 0 rings (SSSR count). The van der Waals surface area contributed by atoms with Crippen LogP contribution in [0.5, 0.6) is 0 Å². The van der Waals surface area contributed by atoms with E-state index >= 15 is 0 Å². The predicted octanol–water partition coefficient (Wildman–Crippen LogP) is -0.864. The van der Waals surface area contributed by atoms with Crippen LogP contribution >= 0.6 is 50.5 Å². The molecular weight excluding hydrogens is 288 g/mol. The fraction of sp³-hybridized carbons (Fsp3) is 1.00. The predicted molar refractivity (Wildman–Crippen MR) is 79.4 cm³/mol. The maximum atomic E-state index is 8.75. The lowest BCUT2D eigenvalue weighted by Crippen LogP contribution is -2.28. The number of hydrogen-bond donors (Lipinski definition) is 8. The Balaban J connectivity index is 0. The van der Waals surface area contributed by atoms with E-state index in [4.69, 9.17) is 20.4 Å². The summed E-state index contributed by atoms with van der Waals surface area (Å²) >= 11 is 15.1. The Labute approximate surface area is 118 Å². The zero-order chi connectivity index (χ0) is 13.1. The van der Waals surface area contributed by atoms with Crippen molar-refractivity contribution in [2.75, 3.05) is 23.0 Å². The smallest absolute Gasteiger partial charge is 0.0894 e. The molecule has 0 saturated heterocycles. The second-order valence-corrected chi connectivity index (χ2v) is 4.46. The average Bonchev–Trinajstić information content (AvgIpc) is 2.35. The zero-order valence-electron chi connectivity index (χ0n) is 8.72. The number of aliphatic hydroxyl groups is 4. The average molecular weight is 309 g/mol. The van der Waals surface area contributed by atoms with Crippen molar-refractivity contribution in [1.29, 1.82) is 0 Å². The Morgan fingerprint density at radius 2 is 0.625 bits per heavy atom. The summed E-state index contributed by atoms with van der Waals surface area (Å²) in [5.74, 6) is 1.12. The van der Waals surface area contributed by atoms with Crippen LogP contribution in [0.1, 0.15) is 0 Å². The monoisotopic (exact) mass is 308 g/mol. The van der Waals surface area contributed by atoms with Gasteiger partial charge in [-0.05, 0) is 0 Å². The first-order valence-electron chi connectivity index (χ1n) is 4.60. The van der Waals surface area contributed by atoms with Gasteiger partial charge in [0.2, 0.25) is 0 Å². The van der Waals surface area contributed by atoms with Crippen LogP contribution in [-0.4, -0.2) is 67.9 Å². The summed E-state index contributed by atoms with van der Waals surface area (Å²) in [6.07, 6.45) is -2.96. The van der Waals surface area contributed by atoms with Crippen LogP contribution in [0.15, 0.2) is 0 Å². The molecule has 16 heavy (non-hydrogen) atoms. The third-order valence-electron chi connectivity index (χ3n) is 1.64. The molecule has 0 spiro atoms. The van der Waals surface area contributed by atoms with Gasteiger partial charge in [0.05, 0.1) is 24.4 Å². The van der Waals surface area contributed by atoms with E-state index in [-0.39, 0.29) is 23.0 Å². The minimum absolute atomic E-state index is 0.279. The highest BCUT2D eigenvalue weighted by Crippen LogP contribution is 1.97. The molecule has 0 aromatic rings. The maximum Gasteiger partial charge on any atom is 0.0894 e. The van der Waals surface area contributed by atoms with Gasteiger partial charge in [-0.2, -0.15) is 50.5 Å². The van der Waals surface area contributed by atoms with Crippen molar-refractivity contribution in [3.8, 4) is 0 Å². The highest BCUT2D eigenvalue weighted by molar-refractivity contribution is 7.80. The Bertz CT molecular complexity index is 120. The fourth-order valence-corrected chi connectivity index (χ4v) is 1.46. The summed E-state index contributed by atoms with van der Waals surface area (Å²) in [7, 11) is 0. The van der Waals surface area contributed by atoms with E-state index in [0.717, 1.165) is 0 Å². The van der Waals surface area contributed by atoms with Crippen molar-refractivity contribution >= 4 is 50.5 Å². The molecule has 100 valence electrons. The Hall–Kier alpha value is 1.24. The van der Waals surface area contributed by atoms with Crippen LogP contribution < -0.4 is 0 Å². The Morgan fingerprint density at radius 3 is 0.688 bits per heavy atom. The summed E-state index contributed by atoms with van der Waals surface area (Å²) in [5.41, 5.74) is 0. The van der Waals surface area contributed by atoms with E-state index in [0.29, 0.717) is 0 Å². The molecular formula is C8H20O4S4. The zero-order valence-corrected chi connectivity index (χ0v) is 12.3. The van der Waals surface area contributed by atoms with E-state index in [1.807, 2.05) is 0 Å². The van der Waals surface area contributed by atoms with Gasteiger partial charge in [0, 0.05) is 23.0 Å².